The lowest BCUT2D eigenvalue weighted by Gasteiger charge is -2.26. The van der Waals surface area contributed by atoms with Gasteiger partial charge in [-0.1, -0.05) is 18.2 Å². The maximum absolute atomic E-state index is 13.5. The number of halogens is 1. The van der Waals surface area contributed by atoms with Crippen molar-refractivity contribution in [2.24, 2.45) is 0 Å². The summed E-state index contributed by atoms with van der Waals surface area (Å²) >= 11 is 0. The molecule has 22 heavy (non-hydrogen) atoms. The second-order valence-corrected chi connectivity index (χ2v) is 5.67. The number of hydrogen-bond acceptors (Lipinski definition) is 2. The highest BCUT2D eigenvalue weighted by molar-refractivity contribution is 5.87. The average Bonchev–Trinajstić information content (AvgIpc) is 2.53. The van der Waals surface area contributed by atoms with Crippen LogP contribution in [-0.2, 0) is 13.0 Å². The molecule has 0 unspecified atom stereocenters. The van der Waals surface area contributed by atoms with Crippen LogP contribution in [-0.4, -0.2) is 11.1 Å². The van der Waals surface area contributed by atoms with Crippen LogP contribution in [0.15, 0.2) is 42.5 Å². The third-order valence-corrected chi connectivity index (χ3v) is 4.15. The molecule has 0 spiro atoms. The summed E-state index contributed by atoms with van der Waals surface area (Å²) in [6.45, 7) is 0.571. The molecule has 0 amide bonds. The lowest BCUT2D eigenvalue weighted by molar-refractivity contribution is 0.0696. The van der Waals surface area contributed by atoms with Gasteiger partial charge < -0.3 is 10.4 Å². The molecule has 0 aromatic heterocycles. The highest BCUT2D eigenvalue weighted by Gasteiger charge is 2.20. The Morgan fingerprint density at radius 3 is 2.95 bits per heavy atom. The van der Waals surface area contributed by atoms with Gasteiger partial charge in [-0.2, -0.15) is 0 Å². The summed E-state index contributed by atoms with van der Waals surface area (Å²) in [5, 5.41) is 12.5. The van der Waals surface area contributed by atoms with E-state index in [0.717, 1.165) is 30.4 Å². The Labute approximate surface area is 128 Å². The van der Waals surface area contributed by atoms with Crippen LogP contribution in [0.1, 0.15) is 45.9 Å². The number of hydrogen-bond donors (Lipinski definition) is 2. The van der Waals surface area contributed by atoms with E-state index < -0.39 is 5.97 Å². The topological polar surface area (TPSA) is 49.3 Å². The normalized spacial score (nSPS) is 17.0. The van der Waals surface area contributed by atoms with E-state index in [9.17, 15) is 9.18 Å². The summed E-state index contributed by atoms with van der Waals surface area (Å²) in [6.07, 6.45) is 3.03. The van der Waals surface area contributed by atoms with Crippen molar-refractivity contribution in [2.75, 3.05) is 0 Å². The van der Waals surface area contributed by atoms with E-state index >= 15 is 0 Å². The van der Waals surface area contributed by atoms with E-state index in [-0.39, 0.29) is 17.4 Å². The quantitative estimate of drug-likeness (QED) is 0.905. The van der Waals surface area contributed by atoms with Crippen LogP contribution < -0.4 is 5.32 Å². The predicted octanol–water partition coefficient (Wildman–Crippen LogP) is 3.69. The molecule has 0 saturated heterocycles. The van der Waals surface area contributed by atoms with Gasteiger partial charge in [-0.25, -0.2) is 9.18 Å². The smallest absolute Gasteiger partial charge is 0.335 e. The number of fused-ring (bicyclic) bond motifs is 1. The van der Waals surface area contributed by atoms with Gasteiger partial charge in [0.25, 0.3) is 0 Å². The average molecular weight is 299 g/mol. The summed E-state index contributed by atoms with van der Waals surface area (Å²) < 4.78 is 13.5. The zero-order valence-corrected chi connectivity index (χ0v) is 12.2. The highest BCUT2D eigenvalue weighted by atomic mass is 19.1. The largest absolute Gasteiger partial charge is 0.478 e. The SMILES string of the molecule is O=C(O)c1cccc(CN[C@@H]2CCCc3ccc(F)cc32)c1. The third-order valence-electron chi connectivity index (χ3n) is 4.15. The monoisotopic (exact) mass is 299 g/mol. The number of carboxylic acid groups (broad SMARTS) is 1. The number of aryl methyl sites for hydroxylation is 1. The van der Waals surface area contributed by atoms with Crippen LogP contribution in [0.2, 0.25) is 0 Å². The molecular weight excluding hydrogens is 281 g/mol. The molecule has 2 aromatic rings. The highest BCUT2D eigenvalue weighted by Crippen LogP contribution is 2.30. The van der Waals surface area contributed by atoms with Gasteiger partial charge in [-0.15, -0.1) is 0 Å². The first-order valence-corrected chi connectivity index (χ1v) is 7.47. The summed E-state index contributed by atoms with van der Waals surface area (Å²) in [6, 6.07) is 12.0. The Hall–Kier alpha value is -2.20. The van der Waals surface area contributed by atoms with E-state index in [1.54, 1.807) is 24.3 Å². The molecule has 4 heteroatoms. The number of carboxylic acids is 1. The maximum Gasteiger partial charge on any atom is 0.335 e. The first-order chi connectivity index (χ1) is 10.6. The number of aromatic carboxylic acids is 1. The van der Waals surface area contributed by atoms with Gasteiger partial charge in [0.05, 0.1) is 5.56 Å². The Bertz CT molecular complexity index is 699. The van der Waals surface area contributed by atoms with Crippen molar-refractivity contribution in [1.29, 1.82) is 0 Å². The van der Waals surface area contributed by atoms with Crippen molar-refractivity contribution in [2.45, 2.75) is 31.8 Å². The fourth-order valence-electron chi connectivity index (χ4n) is 3.04. The minimum Gasteiger partial charge on any atom is -0.478 e. The first-order valence-electron chi connectivity index (χ1n) is 7.47. The van der Waals surface area contributed by atoms with Gasteiger partial charge in [-0.3, -0.25) is 0 Å². The molecule has 1 aliphatic carbocycles. The van der Waals surface area contributed by atoms with Crippen molar-refractivity contribution in [3.8, 4) is 0 Å². The summed E-state index contributed by atoms with van der Waals surface area (Å²) in [7, 11) is 0. The van der Waals surface area contributed by atoms with Gasteiger partial charge in [0.15, 0.2) is 0 Å². The number of carbonyl (C=O) groups is 1. The van der Waals surface area contributed by atoms with Crippen LogP contribution in [0.25, 0.3) is 0 Å². The van der Waals surface area contributed by atoms with Gasteiger partial charge >= 0.3 is 5.97 Å². The van der Waals surface area contributed by atoms with Crippen molar-refractivity contribution in [3.05, 3.63) is 70.5 Å². The zero-order chi connectivity index (χ0) is 15.5. The number of benzene rings is 2. The van der Waals surface area contributed by atoms with Crippen LogP contribution >= 0.6 is 0 Å². The molecule has 1 aliphatic rings. The van der Waals surface area contributed by atoms with E-state index in [0.29, 0.717) is 6.54 Å². The van der Waals surface area contributed by atoms with Crippen LogP contribution in [0, 0.1) is 5.82 Å². The fourth-order valence-corrected chi connectivity index (χ4v) is 3.04. The summed E-state index contributed by atoms with van der Waals surface area (Å²) in [4.78, 5) is 11.0. The Balaban J connectivity index is 1.74. The molecule has 2 N–H and O–H groups in total. The molecular formula is C18H18FNO2. The Morgan fingerprint density at radius 2 is 2.14 bits per heavy atom. The molecule has 1 atom stereocenters. The van der Waals surface area contributed by atoms with Crippen molar-refractivity contribution in [1.82, 2.24) is 5.32 Å². The Kier molecular flexibility index (Phi) is 4.20. The zero-order valence-electron chi connectivity index (χ0n) is 12.2. The minimum absolute atomic E-state index is 0.118. The molecule has 0 heterocycles. The van der Waals surface area contributed by atoms with E-state index in [1.807, 2.05) is 12.1 Å². The lowest BCUT2D eigenvalue weighted by Crippen LogP contribution is -2.25. The molecule has 3 rings (SSSR count). The van der Waals surface area contributed by atoms with Crippen molar-refractivity contribution in [3.63, 3.8) is 0 Å². The minimum atomic E-state index is -0.924. The first kappa shape index (κ1) is 14.7. The molecule has 0 aliphatic heterocycles. The van der Waals surface area contributed by atoms with Gasteiger partial charge in [0.2, 0.25) is 0 Å². The van der Waals surface area contributed by atoms with E-state index in [2.05, 4.69) is 5.32 Å². The molecule has 2 aromatic carbocycles. The van der Waals surface area contributed by atoms with Crippen LogP contribution in [0.4, 0.5) is 4.39 Å². The molecule has 0 fully saturated rings. The van der Waals surface area contributed by atoms with Crippen LogP contribution in [0.3, 0.4) is 0 Å². The van der Waals surface area contributed by atoms with Crippen LogP contribution in [0.5, 0.6) is 0 Å². The predicted molar refractivity (Wildman–Crippen MR) is 82.3 cm³/mol. The second kappa shape index (κ2) is 6.28. The van der Waals surface area contributed by atoms with Gasteiger partial charge in [0.1, 0.15) is 5.82 Å². The molecule has 0 radical (unpaired) electrons. The second-order valence-electron chi connectivity index (χ2n) is 5.67. The van der Waals surface area contributed by atoms with E-state index in [4.69, 9.17) is 5.11 Å². The van der Waals surface area contributed by atoms with Crippen molar-refractivity contribution >= 4 is 5.97 Å². The van der Waals surface area contributed by atoms with Crippen molar-refractivity contribution < 1.29 is 14.3 Å². The summed E-state index contributed by atoms with van der Waals surface area (Å²) in [5.74, 6) is -1.13. The molecule has 114 valence electrons. The number of rotatable bonds is 4. The molecule has 0 bridgehead atoms. The van der Waals surface area contributed by atoms with E-state index in [1.165, 1.54) is 11.6 Å². The number of nitrogens with one attached hydrogen (secondary N) is 1. The Morgan fingerprint density at radius 1 is 1.27 bits per heavy atom. The third kappa shape index (κ3) is 3.17. The lowest BCUT2D eigenvalue weighted by atomic mass is 9.87. The van der Waals surface area contributed by atoms with Gasteiger partial charge in [0, 0.05) is 12.6 Å². The molecule has 3 nitrogen and oxygen atoms in total. The maximum atomic E-state index is 13.5. The van der Waals surface area contributed by atoms with Gasteiger partial charge in [-0.05, 0) is 60.2 Å². The fraction of sp³-hybridized carbons (Fsp3) is 0.278. The standard InChI is InChI=1S/C18H18FNO2/c19-15-8-7-13-4-2-6-17(16(13)10-15)20-11-12-3-1-5-14(9-12)18(21)22/h1,3,5,7-10,17,20H,2,4,6,11H2,(H,21,22)/t17-/m1/s1. The summed E-state index contributed by atoms with van der Waals surface area (Å²) in [5.41, 5.74) is 3.43. The molecule has 0 saturated carbocycles.